The number of hydrogen-bond acceptors (Lipinski definition) is 4. The van der Waals surface area contributed by atoms with Crippen molar-refractivity contribution in [3.05, 3.63) is 23.3 Å². The number of Topliss-reactive ketones (excluding diaryl/α,β-unsaturated/α-hetero) is 1. The minimum absolute atomic E-state index is 0.00612. The number of aromatic hydroxyl groups is 1. The fraction of sp³-hybridized carbons (Fsp3) is 0.462. The SMILES string of the molecule is CC(=O)c1cc2c(cc1O)OC1C(C)COC21. The number of rotatable bonds is 1. The number of ether oxygens (including phenoxy) is 2. The summed E-state index contributed by atoms with van der Waals surface area (Å²) in [6.45, 7) is 4.18. The average molecular weight is 234 g/mol. The summed E-state index contributed by atoms with van der Waals surface area (Å²) in [7, 11) is 0. The second kappa shape index (κ2) is 3.47. The van der Waals surface area contributed by atoms with Crippen molar-refractivity contribution in [3.8, 4) is 11.5 Å². The van der Waals surface area contributed by atoms with Gasteiger partial charge < -0.3 is 14.6 Å². The molecule has 4 nitrogen and oxygen atoms in total. The van der Waals surface area contributed by atoms with Gasteiger partial charge in [-0.1, -0.05) is 6.92 Å². The highest BCUT2D eigenvalue weighted by Crippen LogP contribution is 2.47. The minimum atomic E-state index is -0.153. The molecule has 90 valence electrons. The monoisotopic (exact) mass is 234 g/mol. The Labute approximate surface area is 99.2 Å². The molecule has 2 aliphatic rings. The van der Waals surface area contributed by atoms with Crippen molar-refractivity contribution in [1.29, 1.82) is 0 Å². The lowest BCUT2D eigenvalue weighted by molar-refractivity contribution is 0.0790. The van der Waals surface area contributed by atoms with Crippen molar-refractivity contribution in [2.24, 2.45) is 5.92 Å². The van der Waals surface area contributed by atoms with E-state index in [0.29, 0.717) is 23.8 Å². The number of benzene rings is 1. The van der Waals surface area contributed by atoms with Crippen molar-refractivity contribution in [1.82, 2.24) is 0 Å². The van der Waals surface area contributed by atoms with Crippen LogP contribution in [0.25, 0.3) is 0 Å². The minimum Gasteiger partial charge on any atom is -0.507 e. The van der Waals surface area contributed by atoms with Gasteiger partial charge in [-0.05, 0) is 13.0 Å². The van der Waals surface area contributed by atoms with Gasteiger partial charge in [0.15, 0.2) is 5.78 Å². The summed E-state index contributed by atoms with van der Waals surface area (Å²) in [5.41, 5.74) is 1.21. The van der Waals surface area contributed by atoms with Gasteiger partial charge in [-0.3, -0.25) is 4.79 Å². The molecule has 1 N–H and O–H groups in total. The number of phenols is 1. The first-order chi connectivity index (χ1) is 8.08. The number of carbonyl (C=O) groups is 1. The van der Waals surface area contributed by atoms with Crippen LogP contribution in [0, 0.1) is 5.92 Å². The molecule has 0 aromatic heterocycles. The van der Waals surface area contributed by atoms with Gasteiger partial charge in [-0.25, -0.2) is 0 Å². The normalized spacial score (nSPS) is 29.6. The Balaban J connectivity index is 2.08. The maximum atomic E-state index is 11.4. The molecule has 1 saturated heterocycles. The van der Waals surface area contributed by atoms with Gasteiger partial charge in [0.25, 0.3) is 0 Å². The van der Waals surface area contributed by atoms with E-state index in [-0.39, 0.29) is 23.7 Å². The Morgan fingerprint density at radius 3 is 2.94 bits per heavy atom. The number of phenolic OH excluding ortho intramolecular Hbond substituents is 1. The van der Waals surface area contributed by atoms with Gasteiger partial charge in [0.2, 0.25) is 0 Å². The van der Waals surface area contributed by atoms with Crippen LogP contribution in [0.5, 0.6) is 11.5 Å². The zero-order valence-corrected chi connectivity index (χ0v) is 9.77. The molecule has 2 aliphatic heterocycles. The van der Waals surface area contributed by atoms with Gasteiger partial charge in [-0.15, -0.1) is 0 Å². The summed E-state index contributed by atoms with van der Waals surface area (Å²) in [6.07, 6.45) is -0.0923. The highest BCUT2D eigenvalue weighted by atomic mass is 16.6. The van der Waals surface area contributed by atoms with Gasteiger partial charge in [0.1, 0.15) is 23.7 Å². The second-order valence-corrected chi connectivity index (χ2v) is 4.78. The second-order valence-electron chi connectivity index (χ2n) is 4.78. The van der Waals surface area contributed by atoms with E-state index in [9.17, 15) is 9.90 Å². The summed E-state index contributed by atoms with van der Waals surface area (Å²) in [6, 6.07) is 3.20. The molecule has 0 bridgehead atoms. The molecule has 4 heteroatoms. The Morgan fingerprint density at radius 1 is 1.47 bits per heavy atom. The molecule has 3 atom stereocenters. The first-order valence-corrected chi connectivity index (χ1v) is 5.74. The van der Waals surface area contributed by atoms with E-state index in [1.165, 1.54) is 13.0 Å². The van der Waals surface area contributed by atoms with Gasteiger partial charge in [0.05, 0.1) is 12.2 Å². The summed E-state index contributed by atoms with van der Waals surface area (Å²) < 4.78 is 11.4. The molecule has 1 fully saturated rings. The van der Waals surface area contributed by atoms with E-state index in [1.54, 1.807) is 6.07 Å². The van der Waals surface area contributed by atoms with Gasteiger partial charge >= 0.3 is 0 Å². The topological polar surface area (TPSA) is 55.8 Å². The summed E-state index contributed by atoms with van der Waals surface area (Å²) >= 11 is 0. The number of hydrogen-bond donors (Lipinski definition) is 1. The lowest BCUT2D eigenvalue weighted by Gasteiger charge is -2.11. The summed E-state index contributed by atoms with van der Waals surface area (Å²) in [5, 5.41) is 9.73. The fourth-order valence-electron chi connectivity index (χ4n) is 2.53. The smallest absolute Gasteiger partial charge is 0.163 e. The summed E-state index contributed by atoms with van der Waals surface area (Å²) in [4.78, 5) is 11.4. The zero-order chi connectivity index (χ0) is 12.2. The van der Waals surface area contributed by atoms with E-state index in [1.807, 2.05) is 0 Å². The molecule has 17 heavy (non-hydrogen) atoms. The van der Waals surface area contributed by atoms with E-state index >= 15 is 0 Å². The predicted octanol–water partition coefficient (Wildman–Crippen LogP) is 2.06. The third kappa shape index (κ3) is 1.44. The number of fused-ring (bicyclic) bond motifs is 3. The molecule has 3 unspecified atom stereocenters. The van der Waals surface area contributed by atoms with Crippen molar-refractivity contribution < 1.29 is 19.4 Å². The van der Waals surface area contributed by atoms with Crippen molar-refractivity contribution in [2.45, 2.75) is 26.1 Å². The first-order valence-electron chi connectivity index (χ1n) is 5.74. The van der Waals surface area contributed by atoms with Crippen LogP contribution >= 0.6 is 0 Å². The van der Waals surface area contributed by atoms with Gasteiger partial charge in [0, 0.05) is 17.5 Å². The van der Waals surface area contributed by atoms with Crippen LogP contribution in [0.1, 0.15) is 35.9 Å². The Kier molecular flexibility index (Phi) is 2.16. The van der Waals surface area contributed by atoms with Crippen molar-refractivity contribution in [2.75, 3.05) is 6.61 Å². The standard InChI is InChI=1S/C13H14O4/c1-6-5-16-13-9-3-8(7(2)14)10(15)4-11(9)17-12(6)13/h3-4,6,12-13,15H,5H2,1-2H3. The van der Waals surface area contributed by atoms with Gasteiger partial charge in [-0.2, -0.15) is 0 Å². The molecule has 1 aromatic rings. The lowest BCUT2D eigenvalue weighted by atomic mass is 9.98. The van der Waals surface area contributed by atoms with Crippen LogP contribution in [-0.4, -0.2) is 23.6 Å². The van der Waals surface area contributed by atoms with Crippen LogP contribution in [0.2, 0.25) is 0 Å². The maximum absolute atomic E-state index is 11.4. The number of carbonyl (C=O) groups excluding carboxylic acids is 1. The largest absolute Gasteiger partial charge is 0.507 e. The molecular formula is C13H14O4. The average Bonchev–Trinajstić information content (AvgIpc) is 2.77. The molecule has 0 radical (unpaired) electrons. The van der Waals surface area contributed by atoms with Crippen LogP contribution in [0.3, 0.4) is 0 Å². The molecule has 0 amide bonds. The molecule has 2 heterocycles. The van der Waals surface area contributed by atoms with Crippen LogP contribution in [0.4, 0.5) is 0 Å². The fourth-order valence-corrected chi connectivity index (χ4v) is 2.53. The quantitative estimate of drug-likeness (QED) is 0.756. The maximum Gasteiger partial charge on any atom is 0.163 e. The Morgan fingerprint density at radius 2 is 2.24 bits per heavy atom. The van der Waals surface area contributed by atoms with Crippen LogP contribution < -0.4 is 4.74 Å². The predicted molar refractivity (Wildman–Crippen MR) is 60.4 cm³/mol. The van der Waals surface area contributed by atoms with E-state index in [2.05, 4.69) is 6.92 Å². The van der Waals surface area contributed by atoms with E-state index in [0.717, 1.165) is 5.56 Å². The van der Waals surface area contributed by atoms with Crippen molar-refractivity contribution >= 4 is 5.78 Å². The third-order valence-electron chi connectivity index (χ3n) is 3.47. The first kappa shape index (κ1) is 10.6. The molecule has 1 aromatic carbocycles. The zero-order valence-electron chi connectivity index (χ0n) is 9.77. The van der Waals surface area contributed by atoms with Crippen LogP contribution in [-0.2, 0) is 4.74 Å². The molecule has 0 aliphatic carbocycles. The van der Waals surface area contributed by atoms with Crippen molar-refractivity contribution in [3.63, 3.8) is 0 Å². The molecule has 3 rings (SSSR count). The Bertz CT molecular complexity index is 494. The molecule has 0 spiro atoms. The Hall–Kier alpha value is -1.55. The highest BCUT2D eigenvalue weighted by molar-refractivity contribution is 5.97. The molecule has 0 saturated carbocycles. The van der Waals surface area contributed by atoms with Crippen LogP contribution in [0.15, 0.2) is 12.1 Å². The highest BCUT2D eigenvalue weighted by Gasteiger charge is 2.44. The van der Waals surface area contributed by atoms with E-state index < -0.39 is 0 Å². The van der Waals surface area contributed by atoms with E-state index in [4.69, 9.17) is 9.47 Å². The number of ketones is 1. The summed E-state index contributed by atoms with van der Waals surface area (Å²) in [5.74, 6) is 0.785. The molecular weight excluding hydrogens is 220 g/mol. The lowest BCUT2D eigenvalue weighted by Crippen LogP contribution is -2.20. The third-order valence-corrected chi connectivity index (χ3v) is 3.47.